The van der Waals surface area contributed by atoms with Gasteiger partial charge in [0.1, 0.15) is 11.6 Å². The first-order valence-electron chi connectivity index (χ1n) is 10.6. The number of piperidine rings is 1. The minimum atomic E-state index is -0.776. The van der Waals surface area contributed by atoms with Gasteiger partial charge in [0.2, 0.25) is 0 Å². The zero-order valence-corrected chi connectivity index (χ0v) is 16.8. The van der Waals surface area contributed by atoms with Crippen LogP contribution < -0.4 is 0 Å². The van der Waals surface area contributed by atoms with Gasteiger partial charge in [0, 0.05) is 18.6 Å². The van der Waals surface area contributed by atoms with Gasteiger partial charge < -0.3 is 10.2 Å². The van der Waals surface area contributed by atoms with Crippen molar-refractivity contribution in [1.82, 2.24) is 4.90 Å². The van der Waals surface area contributed by atoms with E-state index in [1.54, 1.807) is 24.3 Å². The lowest BCUT2D eigenvalue weighted by Crippen LogP contribution is -2.50. The van der Waals surface area contributed by atoms with Crippen LogP contribution >= 0.6 is 0 Å². The van der Waals surface area contributed by atoms with E-state index < -0.39 is 6.10 Å². The molecule has 3 nitrogen and oxygen atoms in total. The number of hydrogen-bond donors (Lipinski definition) is 2. The fraction of sp³-hybridized carbons (Fsp3) is 0.500. The number of aryl methyl sites for hydroxylation is 2. The lowest BCUT2D eigenvalue weighted by molar-refractivity contribution is 0.00213. The summed E-state index contributed by atoms with van der Waals surface area (Å²) in [6.45, 7) is 0.169. The number of halogens is 2. The van der Waals surface area contributed by atoms with Crippen molar-refractivity contribution >= 4 is 0 Å². The van der Waals surface area contributed by atoms with Crippen molar-refractivity contribution in [1.29, 1.82) is 0 Å². The highest BCUT2D eigenvalue weighted by atomic mass is 19.1. The molecule has 1 aliphatic rings. The maximum Gasteiger partial charge on any atom is 0.123 e. The lowest BCUT2D eigenvalue weighted by atomic mass is 9.88. The number of likely N-dealkylation sites (tertiary alicyclic amines) is 1. The van der Waals surface area contributed by atoms with Gasteiger partial charge in [0.15, 0.2) is 0 Å². The molecule has 1 heterocycles. The van der Waals surface area contributed by atoms with E-state index in [9.17, 15) is 19.0 Å². The van der Waals surface area contributed by atoms with Gasteiger partial charge >= 0.3 is 0 Å². The van der Waals surface area contributed by atoms with Gasteiger partial charge in [-0.1, -0.05) is 30.7 Å². The van der Waals surface area contributed by atoms with Gasteiger partial charge in [-0.25, -0.2) is 8.78 Å². The summed E-state index contributed by atoms with van der Waals surface area (Å²) in [7, 11) is 0. The molecule has 3 rings (SSSR count). The van der Waals surface area contributed by atoms with Crippen LogP contribution in [0.4, 0.5) is 8.78 Å². The van der Waals surface area contributed by atoms with E-state index in [0.29, 0.717) is 6.54 Å². The monoisotopic (exact) mass is 403 g/mol. The van der Waals surface area contributed by atoms with Crippen LogP contribution in [0.1, 0.15) is 43.2 Å². The number of hydrogen-bond acceptors (Lipinski definition) is 3. The molecule has 3 atom stereocenters. The van der Waals surface area contributed by atoms with Gasteiger partial charge in [-0.3, -0.25) is 4.90 Å². The molecule has 1 saturated heterocycles. The summed E-state index contributed by atoms with van der Waals surface area (Å²) in [4.78, 5) is 2.32. The summed E-state index contributed by atoms with van der Waals surface area (Å²) in [6.07, 6.45) is 5.73. The smallest absolute Gasteiger partial charge is 0.123 e. The predicted molar refractivity (Wildman–Crippen MR) is 111 cm³/mol. The van der Waals surface area contributed by atoms with Gasteiger partial charge in [-0.2, -0.15) is 0 Å². The first-order valence-corrected chi connectivity index (χ1v) is 10.6. The molecule has 0 aromatic heterocycles. The average molecular weight is 404 g/mol. The number of benzene rings is 2. The van der Waals surface area contributed by atoms with Crippen LogP contribution in [0.25, 0.3) is 0 Å². The summed E-state index contributed by atoms with van der Waals surface area (Å²) in [6, 6.07) is 14.0. The maximum atomic E-state index is 13.5. The Morgan fingerprint density at radius 1 is 0.897 bits per heavy atom. The third-order valence-corrected chi connectivity index (χ3v) is 5.96. The summed E-state index contributed by atoms with van der Waals surface area (Å²) in [5, 5.41) is 19.5. The van der Waals surface area contributed by atoms with E-state index in [2.05, 4.69) is 4.90 Å². The molecule has 1 fully saturated rings. The standard InChI is InChI=1S/C24H31F2NO2/c25-20-6-1-4-18(14-20)10-12-22-8-3-9-23(27(22)16-24(29)17-28)13-11-19-5-2-7-21(26)15-19/h1-2,4-7,14-15,22-24,28-29H,3,8-13,16-17H2/t22-,23+,24-/m0/s1. The molecule has 158 valence electrons. The first kappa shape index (κ1) is 21.9. The SMILES string of the molecule is OC[C@@H](O)CN1[C@@H](CCc2cccc(F)c2)CCC[C@H]1CCc1cccc(F)c1. The molecular formula is C24H31F2NO2. The molecule has 0 unspecified atom stereocenters. The van der Waals surface area contributed by atoms with Crippen LogP contribution in [0, 0.1) is 11.6 Å². The number of aliphatic hydroxyl groups excluding tert-OH is 2. The van der Waals surface area contributed by atoms with Crippen LogP contribution in [0.15, 0.2) is 48.5 Å². The Hall–Kier alpha value is -1.82. The van der Waals surface area contributed by atoms with Crippen LogP contribution in [-0.2, 0) is 12.8 Å². The van der Waals surface area contributed by atoms with E-state index in [1.165, 1.54) is 12.1 Å². The van der Waals surface area contributed by atoms with E-state index >= 15 is 0 Å². The Morgan fingerprint density at radius 3 is 1.86 bits per heavy atom. The van der Waals surface area contributed by atoms with E-state index in [0.717, 1.165) is 56.1 Å². The zero-order valence-electron chi connectivity index (χ0n) is 16.8. The van der Waals surface area contributed by atoms with E-state index in [1.807, 2.05) is 12.1 Å². The fourth-order valence-corrected chi connectivity index (χ4v) is 4.49. The third kappa shape index (κ3) is 6.59. The molecular weight excluding hydrogens is 372 g/mol. The minimum Gasteiger partial charge on any atom is -0.394 e. The Bertz CT molecular complexity index is 713. The highest BCUT2D eigenvalue weighted by molar-refractivity contribution is 5.17. The summed E-state index contributed by atoms with van der Waals surface area (Å²) in [5.74, 6) is -0.432. The van der Waals surface area contributed by atoms with E-state index in [4.69, 9.17) is 0 Å². The minimum absolute atomic E-state index is 0.216. The maximum absolute atomic E-state index is 13.5. The van der Waals surface area contributed by atoms with Crippen LogP contribution in [0.5, 0.6) is 0 Å². The molecule has 5 heteroatoms. The topological polar surface area (TPSA) is 43.7 Å². The number of nitrogens with zero attached hydrogens (tertiary/aromatic N) is 1. The second-order valence-corrected chi connectivity index (χ2v) is 8.11. The second kappa shape index (κ2) is 10.8. The molecule has 0 saturated carbocycles. The Kier molecular flexibility index (Phi) is 8.16. The zero-order chi connectivity index (χ0) is 20.6. The predicted octanol–water partition coefficient (Wildman–Crippen LogP) is 4.11. The molecule has 0 amide bonds. The highest BCUT2D eigenvalue weighted by Gasteiger charge is 2.31. The van der Waals surface area contributed by atoms with Gasteiger partial charge in [-0.15, -0.1) is 0 Å². The number of rotatable bonds is 9. The molecule has 2 aromatic carbocycles. The number of β-amino-alcohol motifs (C(OH)–C–C–N with tert-alkyl or cyclic N) is 1. The van der Waals surface area contributed by atoms with Crippen molar-refractivity contribution in [2.24, 2.45) is 0 Å². The largest absolute Gasteiger partial charge is 0.394 e. The highest BCUT2D eigenvalue weighted by Crippen LogP contribution is 2.29. The van der Waals surface area contributed by atoms with Crippen molar-refractivity contribution in [2.75, 3.05) is 13.2 Å². The quantitative estimate of drug-likeness (QED) is 0.662. The average Bonchev–Trinajstić information content (AvgIpc) is 2.72. The molecule has 1 aliphatic heterocycles. The molecule has 0 bridgehead atoms. The Morgan fingerprint density at radius 2 is 1.41 bits per heavy atom. The van der Waals surface area contributed by atoms with Crippen LogP contribution in [0.2, 0.25) is 0 Å². The molecule has 2 aromatic rings. The normalized spacial score (nSPS) is 21.2. The third-order valence-electron chi connectivity index (χ3n) is 5.96. The molecule has 2 N–H and O–H groups in total. The van der Waals surface area contributed by atoms with Crippen LogP contribution in [-0.4, -0.2) is 46.5 Å². The van der Waals surface area contributed by atoms with Gasteiger partial charge in [-0.05, 0) is 73.9 Å². The second-order valence-electron chi connectivity index (χ2n) is 8.11. The van der Waals surface area contributed by atoms with E-state index in [-0.39, 0.29) is 30.3 Å². The lowest BCUT2D eigenvalue weighted by Gasteiger charge is -2.43. The Labute approximate surface area is 172 Å². The van der Waals surface area contributed by atoms with Crippen molar-refractivity contribution in [3.63, 3.8) is 0 Å². The summed E-state index contributed by atoms with van der Waals surface area (Å²) in [5.41, 5.74) is 1.96. The van der Waals surface area contributed by atoms with Crippen LogP contribution in [0.3, 0.4) is 0 Å². The summed E-state index contributed by atoms with van der Waals surface area (Å²) >= 11 is 0. The molecule has 29 heavy (non-hydrogen) atoms. The number of aliphatic hydroxyl groups is 2. The van der Waals surface area contributed by atoms with Gasteiger partial charge in [0.25, 0.3) is 0 Å². The Balaban J connectivity index is 1.65. The first-order chi connectivity index (χ1) is 14.0. The summed E-state index contributed by atoms with van der Waals surface area (Å²) < 4.78 is 27.0. The molecule has 0 radical (unpaired) electrons. The van der Waals surface area contributed by atoms with Crippen molar-refractivity contribution in [3.05, 3.63) is 71.3 Å². The van der Waals surface area contributed by atoms with Crippen molar-refractivity contribution in [2.45, 2.75) is 63.1 Å². The van der Waals surface area contributed by atoms with Crippen molar-refractivity contribution < 1.29 is 19.0 Å². The van der Waals surface area contributed by atoms with Gasteiger partial charge in [0.05, 0.1) is 12.7 Å². The fourth-order valence-electron chi connectivity index (χ4n) is 4.49. The van der Waals surface area contributed by atoms with Crippen molar-refractivity contribution in [3.8, 4) is 0 Å². The molecule has 0 aliphatic carbocycles. The molecule has 0 spiro atoms.